The number of nitrogens with one attached hydrogen (secondary N) is 4. The highest BCUT2D eigenvalue weighted by Crippen LogP contribution is 2.36. The molecule has 0 spiro atoms. The van der Waals surface area contributed by atoms with Gasteiger partial charge in [0.25, 0.3) is 29.3 Å². The van der Waals surface area contributed by atoms with Crippen LogP contribution in [0, 0.1) is 0 Å². The minimum absolute atomic E-state index is 0.00246. The summed E-state index contributed by atoms with van der Waals surface area (Å²) in [6, 6.07) is 4.64. The first-order valence-corrected chi connectivity index (χ1v) is 40.0. The number of piperidine rings is 2. The molecule has 40 nitrogen and oxygen atoms in total. The van der Waals surface area contributed by atoms with Crippen molar-refractivity contribution in [2.75, 3.05) is 63.2 Å². The summed E-state index contributed by atoms with van der Waals surface area (Å²) in [5.74, 6) is -2.65. The van der Waals surface area contributed by atoms with Crippen molar-refractivity contribution in [3.05, 3.63) is 82.6 Å². The Labute approximate surface area is 659 Å². The summed E-state index contributed by atoms with van der Waals surface area (Å²) in [5, 5.41) is 21.6. The number of carbonyl (C=O) groups is 8. The predicted molar refractivity (Wildman–Crippen MR) is 402 cm³/mol. The maximum atomic E-state index is 13.5. The fourth-order valence-corrected chi connectivity index (χ4v) is 14.2. The molecule has 10 heterocycles. The molecule has 113 heavy (non-hydrogen) atoms. The van der Waals surface area contributed by atoms with E-state index in [1.54, 1.807) is 75.7 Å². The molecule has 10 rings (SSSR count). The Kier molecular flexibility index (Phi) is 26.4. The normalized spacial score (nSPS) is 18.9. The molecule has 0 bridgehead atoms. The topological polar surface area (TPSA) is 478 Å². The zero-order chi connectivity index (χ0) is 83.3. The maximum Gasteiger partial charge on any atom is 0.418 e. The lowest BCUT2D eigenvalue weighted by molar-refractivity contribution is -0.653. The number of amides is 8. The molecular weight excluding hydrogens is 1570 g/mol. The van der Waals surface area contributed by atoms with Gasteiger partial charge in [0.1, 0.15) is 88.6 Å². The Hall–Kier alpha value is -10.1. The highest BCUT2D eigenvalue weighted by atomic mass is 32.3. The van der Waals surface area contributed by atoms with E-state index in [1.165, 1.54) is 38.5 Å². The second kappa shape index (κ2) is 34.3. The number of pyridine rings is 2. The van der Waals surface area contributed by atoms with Crippen molar-refractivity contribution < 1.29 is 116 Å². The number of fused-ring (bicyclic) bond motifs is 2. The van der Waals surface area contributed by atoms with Crippen LogP contribution in [0.15, 0.2) is 70.1 Å². The first kappa shape index (κ1) is 86.9. The monoisotopic (exact) mass is 1660 g/mol. The summed E-state index contributed by atoms with van der Waals surface area (Å²) in [6.07, 6.45) is 8.72. The largest absolute Gasteiger partial charge is 0.724 e. The van der Waals surface area contributed by atoms with Gasteiger partial charge in [0.05, 0.1) is 30.0 Å². The van der Waals surface area contributed by atoms with Gasteiger partial charge in [-0.1, -0.05) is 10.3 Å². The number of β-lactam (4-membered cyclic amide) rings is 2. The van der Waals surface area contributed by atoms with E-state index < -0.39 is 102 Å². The van der Waals surface area contributed by atoms with E-state index in [9.17, 15) is 59.7 Å². The van der Waals surface area contributed by atoms with Crippen LogP contribution >= 0.6 is 22.7 Å². The number of thiazole rings is 2. The number of ether oxygens (including phenoxy) is 6. The van der Waals surface area contributed by atoms with Crippen LogP contribution in [0.2, 0.25) is 0 Å². The molecule has 6 aromatic rings. The molecule has 4 aliphatic rings. The number of imidazole rings is 2. The van der Waals surface area contributed by atoms with Gasteiger partial charge in [0.15, 0.2) is 40.6 Å². The van der Waals surface area contributed by atoms with Crippen molar-refractivity contribution in [3.63, 3.8) is 0 Å². The molecule has 4 saturated heterocycles. The van der Waals surface area contributed by atoms with Gasteiger partial charge < -0.3 is 67.5 Å². The van der Waals surface area contributed by atoms with Gasteiger partial charge in [-0.05, 0) is 155 Å². The molecule has 4 aliphatic heterocycles. The number of nitrogens with zero attached hydrogens (tertiary/aromatic N) is 12. The van der Waals surface area contributed by atoms with Crippen molar-refractivity contribution in [1.82, 2.24) is 54.3 Å². The van der Waals surface area contributed by atoms with E-state index in [0.717, 1.165) is 65.4 Å². The number of hydrogen-bond donors (Lipinski definition) is 5. The molecule has 6 aromatic heterocycles. The van der Waals surface area contributed by atoms with Gasteiger partial charge in [-0.3, -0.25) is 34.4 Å². The van der Waals surface area contributed by atoms with Gasteiger partial charge in [-0.15, -0.1) is 27.0 Å². The predicted octanol–water partition coefficient (Wildman–Crippen LogP) is 6.87. The first-order valence-electron chi connectivity index (χ1n) is 35.6. The van der Waals surface area contributed by atoms with E-state index in [-0.39, 0.29) is 83.5 Å². The third-order valence-corrected chi connectivity index (χ3v) is 19.1. The lowest BCUT2D eigenvalue weighted by Gasteiger charge is -2.51. The van der Waals surface area contributed by atoms with E-state index >= 15 is 0 Å². The second-order valence-electron chi connectivity index (χ2n) is 31.5. The quantitative estimate of drug-likeness (QED) is 0.00603. The highest BCUT2D eigenvalue weighted by molar-refractivity contribution is 7.81. The standard InChI is InChI=1S/C35H48N8O12S2.C34H46N8O12S2/c1-33(2,3)53-31(46)38-30-36-23(20-56-30)26(28(44)37-27-29(45)43(35(27,7)8)55-57(48,49)50)39-52-16-15-51-22-12-13-25-40(9)24(19-42(25)18-22)21-11-10-14-41(17-21)32(47)54-34(4,5)6;1-32(2,3)52-30(45)38-29-36-23(19-55-29)25(27(43)37-26-28(44)42(34(26,7)8)54-56(47,48)49)39-51-15-14-50-21-11-12-24-35-22(18-41(24)17-21)20-10-9-13-40(16-20)31(46)53-33(4,5)6/h12-13,18-21,27H,10-11,14-17H2,1-9H3,(H2-,36,37,38,44,46,48,49,50);11-12,17-20,26H,9-10,13-16H2,1-8H3,(H,37,43)(H,36,38,45)(H,47,48,49)/b39-26-;39-25-/t21?,27-;20?,26-/m11/s1. The van der Waals surface area contributed by atoms with Gasteiger partial charge in [0, 0.05) is 61.0 Å². The van der Waals surface area contributed by atoms with Gasteiger partial charge in [0.2, 0.25) is 10.4 Å². The molecule has 4 fully saturated rings. The zero-order valence-corrected chi connectivity index (χ0v) is 68.7. The van der Waals surface area contributed by atoms with E-state index in [2.05, 4.69) is 54.7 Å². The van der Waals surface area contributed by atoms with Gasteiger partial charge >= 0.3 is 34.8 Å². The Morgan fingerprint density at radius 1 is 0.593 bits per heavy atom. The second-order valence-corrected chi connectivity index (χ2v) is 35.2. The summed E-state index contributed by atoms with van der Waals surface area (Å²) in [4.78, 5) is 130. The summed E-state index contributed by atoms with van der Waals surface area (Å²) in [7, 11) is -8.31. The molecule has 2 unspecified atom stereocenters. The SMILES string of the molecule is CC(C)(C)OC(=O)Nc1nc(/C(=N/OCCOc2ccc3nc(C4CCCN(C(=O)OC(C)(C)C)C4)cn3c2)C(=O)N[C@@H]2C(=O)N(OS(=O)(=O)O)C2(C)C)cs1.C[n+]1c(C2CCCN(C(=O)OC(C)(C)C)C2)cn2cc(OCCO/N=C(\C(=O)N[C@@H]3C(=O)N(OS(=O)(=O)[O-])C3(C)C)c3csc(NC(=O)OC(C)(C)C)n3)ccc21. The lowest BCUT2D eigenvalue weighted by atomic mass is 9.84. The van der Waals surface area contributed by atoms with Crippen molar-refractivity contribution in [2.24, 2.45) is 17.4 Å². The summed E-state index contributed by atoms with van der Waals surface area (Å²) >= 11 is 1.93. The number of hydroxylamine groups is 4. The third kappa shape index (κ3) is 23.5. The number of anilines is 2. The Morgan fingerprint density at radius 2 is 1.03 bits per heavy atom. The number of oxime groups is 2. The Bertz CT molecular complexity index is 4850. The molecule has 8 amide bonds. The number of rotatable bonds is 24. The summed E-state index contributed by atoms with van der Waals surface area (Å²) in [6.45, 7) is 28.8. The van der Waals surface area contributed by atoms with Crippen LogP contribution in [-0.4, -0.2) is 227 Å². The van der Waals surface area contributed by atoms with E-state index in [1.807, 2.05) is 82.0 Å². The molecule has 5 N–H and O–H groups in total. The number of likely N-dealkylation sites (tertiary alicyclic amines) is 2. The Balaban J connectivity index is 0.000000259. The van der Waals surface area contributed by atoms with Crippen molar-refractivity contribution >= 4 is 124 Å². The lowest BCUT2D eigenvalue weighted by Crippen LogP contribution is -2.76. The Morgan fingerprint density at radius 3 is 1.47 bits per heavy atom. The molecule has 4 atom stereocenters. The number of hydrogen-bond acceptors (Lipinski definition) is 30. The molecule has 0 radical (unpaired) electrons. The van der Waals surface area contributed by atoms with Crippen LogP contribution in [0.5, 0.6) is 11.5 Å². The molecule has 0 saturated carbocycles. The first-order chi connectivity index (χ1) is 52.4. The molecular formula is C69H94N16O24S4. The number of carbonyl (C=O) groups excluding carboxylic acids is 8. The van der Waals surface area contributed by atoms with Crippen LogP contribution in [0.1, 0.15) is 171 Å². The van der Waals surface area contributed by atoms with Gasteiger partial charge in [-0.2, -0.15) is 27.2 Å². The third-order valence-electron chi connectivity index (χ3n) is 16.9. The van der Waals surface area contributed by atoms with Crippen LogP contribution in [0.3, 0.4) is 0 Å². The average molecular weight is 1660 g/mol. The molecule has 0 aromatic carbocycles. The van der Waals surface area contributed by atoms with Crippen molar-refractivity contribution in [3.8, 4) is 11.5 Å². The maximum absolute atomic E-state index is 13.5. The molecule has 44 heteroatoms. The summed E-state index contributed by atoms with van der Waals surface area (Å²) < 4.78 is 113. The minimum Gasteiger partial charge on any atom is -0.724 e. The average Bonchev–Trinajstić information content (AvgIpc) is 1.57. The zero-order valence-electron chi connectivity index (χ0n) is 65.4. The fourth-order valence-electron chi connectivity index (χ4n) is 11.9. The van der Waals surface area contributed by atoms with Crippen molar-refractivity contribution in [2.45, 2.75) is 194 Å². The van der Waals surface area contributed by atoms with Crippen LogP contribution in [0.4, 0.5) is 29.4 Å². The van der Waals surface area contributed by atoms with Gasteiger partial charge in [-0.25, -0.2) is 47.1 Å². The van der Waals surface area contributed by atoms with Crippen LogP contribution in [0.25, 0.3) is 11.3 Å². The molecule has 0 aliphatic carbocycles. The number of aromatic nitrogens is 6. The number of aryl methyl sites for hydroxylation is 1. The molecule has 618 valence electrons. The van der Waals surface area contributed by atoms with Crippen molar-refractivity contribution in [1.29, 1.82) is 0 Å². The van der Waals surface area contributed by atoms with Crippen LogP contribution < -0.4 is 35.3 Å². The van der Waals surface area contributed by atoms with Crippen LogP contribution in [-0.2, 0) is 84.2 Å². The van der Waals surface area contributed by atoms with E-state index in [4.69, 9.17) is 47.6 Å². The van der Waals surface area contributed by atoms with E-state index in [0.29, 0.717) is 53.5 Å². The summed E-state index contributed by atoms with van der Waals surface area (Å²) in [5.41, 5.74) is -2.89. The smallest absolute Gasteiger partial charge is 0.418 e. The highest BCUT2D eigenvalue weighted by Gasteiger charge is 2.59. The minimum atomic E-state index is -5.27. The fraction of sp³-hybridized carbons (Fsp3) is 0.565.